The average Bonchev–Trinajstić information content (AvgIpc) is 2.27. The molecule has 80 valence electrons. The summed E-state index contributed by atoms with van der Waals surface area (Å²) >= 11 is 0. The number of ether oxygens (including phenoxy) is 1. The van der Waals surface area contributed by atoms with Crippen molar-refractivity contribution in [3.8, 4) is 5.75 Å². The molecule has 0 aromatic heterocycles. The Balaban J connectivity index is 2.45. The summed E-state index contributed by atoms with van der Waals surface area (Å²) in [6, 6.07) is 8.60. The van der Waals surface area contributed by atoms with Gasteiger partial charge in [0.05, 0.1) is 0 Å². The van der Waals surface area contributed by atoms with Crippen LogP contribution in [-0.4, -0.2) is 11.8 Å². The van der Waals surface area contributed by atoms with Gasteiger partial charge in [0, 0.05) is 6.42 Å². The summed E-state index contributed by atoms with van der Waals surface area (Å²) in [4.78, 5) is 22.5. The van der Waals surface area contributed by atoms with Crippen LogP contribution in [-0.2, 0) is 9.59 Å². The lowest BCUT2D eigenvalue weighted by molar-refractivity contribution is -0.147. The number of ketones is 1. The summed E-state index contributed by atoms with van der Waals surface area (Å²) < 4.78 is 4.88. The zero-order valence-electron chi connectivity index (χ0n) is 8.73. The second-order valence-corrected chi connectivity index (χ2v) is 3.23. The molecule has 0 saturated heterocycles. The number of benzene rings is 1. The predicted octanol–water partition coefficient (Wildman–Crippen LogP) is 2.35. The van der Waals surface area contributed by atoms with Crippen LogP contribution >= 0.6 is 0 Å². The van der Waals surface area contributed by atoms with Gasteiger partial charge in [0.2, 0.25) is 5.78 Å². The summed E-state index contributed by atoms with van der Waals surface area (Å²) in [5.41, 5.74) is 0. The summed E-state index contributed by atoms with van der Waals surface area (Å²) in [5.74, 6) is -0.817. The van der Waals surface area contributed by atoms with Crippen LogP contribution < -0.4 is 4.74 Å². The SMILES string of the molecule is CCCCC(=O)C(=O)Oc1ccccc1. The molecule has 0 N–H and O–H groups in total. The van der Waals surface area contributed by atoms with Crippen molar-refractivity contribution in [2.24, 2.45) is 0 Å². The molecule has 0 atom stereocenters. The molecule has 0 spiro atoms. The Morgan fingerprint density at radius 1 is 1.20 bits per heavy atom. The second-order valence-electron chi connectivity index (χ2n) is 3.23. The van der Waals surface area contributed by atoms with Gasteiger partial charge >= 0.3 is 5.97 Å². The minimum Gasteiger partial charge on any atom is -0.421 e. The maximum atomic E-state index is 11.2. The third kappa shape index (κ3) is 3.94. The van der Waals surface area contributed by atoms with Crippen LogP contribution in [0.1, 0.15) is 26.2 Å². The fourth-order valence-electron chi connectivity index (χ4n) is 1.09. The van der Waals surface area contributed by atoms with E-state index in [1.165, 1.54) is 0 Å². The largest absolute Gasteiger partial charge is 0.421 e. The van der Waals surface area contributed by atoms with Gasteiger partial charge in [-0.2, -0.15) is 0 Å². The third-order valence-corrected chi connectivity index (χ3v) is 1.94. The maximum Gasteiger partial charge on any atom is 0.379 e. The predicted molar refractivity (Wildman–Crippen MR) is 56.6 cm³/mol. The highest BCUT2D eigenvalue weighted by Crippen LogP contribution is 2.09. The molecule has 0 unspecified atom stereocenters. The molecular formula is C12H14O3. The number of para-hydroxylation sites is 1. The highest BCUT2D eigenvalue weighted by Gasteiger charge is 2.14. The zero-order chi connectivity index (χ0) is 11.1. The Labute approximate surface area is 89.1 Å². The van der Waals surface area contributed by atoms with Crippen molar-refractivity contribution in [2.45, 2.75) is 26.2 Å². The molecule has 0 bridgehead atoms. The van der Waals surface area contributed by atoms with Crippen LogP contribution in [0.3, 0.4) is 0 Å². The molecule has 0 amide bonds. The Morgan fingerprint density at radius 2 is 1.87 bits per heavy atom. The number of carbonyl (C=O) groups excluding carboxylic acids is 2. The summed E-state index contributed by atoms with van der Waals surface area (Å²) in [6.45, 7) is 1.97. The van der Waals surface area contributed by atoms with Gasteiger partial charge in [0.1, 0.15) is 5.75 Å². The van der Waals surface area contributed by atoms with Gasteiger partial charge in [-0.25, -0.2) is 4.79 Å². The number of Topliss-reactive ketones (excluding diaryl/α,β-unsaturated/α-hetero) is 1. The molecule has 0 fully saturated rings. The normalized spacial score (nSPS) is 9.67. The second kappa shape index (κ2) is 5.96. The van der Waals surface area contributed by atoms with Gasteiger partial charge in [0.25, 0.3) is 0 Å². The highest BCUT2D eigenvalue weighted by molar-refractivity contribution is 6.34. The molecule has 1 rings (SSSR count). The van der Waals surface area contributed by atoms with E-state index in [0.29, 0.717) is 5.75 Å². The molecule has 0 aliphatic rings. The third-order valence-electron chi connectivity index (χ3n) is 1.94. The van der Waals surface area contributed by atoms with Crippen LogP contribution in [0.4, 0.5) is 0 Å². The van der Waals surface area contributed by atoms with Crippen molar-refractivity contribution < 1.29 is 14.3 Å². The molecule has 15 heavy (non-hydrogen) atoms. The van der Waals surface area contributed by atoms with Crippen molar-refractivity contribution in [1.82, 2.24) is 0 Å². The minimum atomic E-state index is -0.769. The smallest absolute Gasteiger partial charge is 0.379 e. The van der Waals surface area contributed by atoms with E-state index in [4.69, 9.17) is 4.74 Å². The Morgan fingerprint density at radius 3 is 2.47 bits per heavy atom. The first-order valence-corrected chi connectivity index (χ1v) is 5.04. The maximum absolute atomic E-state index is 11.2. The molecule has 0 radical (unpaired) electrons. The molecule has 1 aromatic rings. The van der Waals surface area contributed by atoms with Crippen molar-refractivity contribution in [1.29, 1.82) is 0 Å². The molecule has 0 heterocycles. The van der Waals surface area contributed by atoms with E-state index < -0.39 is 11.8 Å². The molecule has 3 nitrogen and oxygen atoms in total. The van der Waals surface area contributed by atoms with Gasteiger partial charge in [-0.05, 0) is 18.6 Å². The zero-order valence-corrected chi connectivity index (χ0v) is 8.73. The quantitative estimate of drug-likeness (QED) is 0.422. The summed E-state index contributed by atoms with van der Waals surface area (Å²) in [5, 5.41) is 0. The first kappa shape index (κ1) is 11.4. The van der Waals surface area contributed by atoms with E-state index in [0.717, 1.165) is 12.8 Å². The van der Waals surface area contributed by atoms with Crippen LogP contribution in [0.15, 0.2) is 30.3 Å². The van der Waals surface area contributed by atoms with Gasteiger partial charge in [-0.3, -0.25) is 4.79 Å². The van der Waals surface area contributed by atoms with Gasteiger partial charge in [-0.1, -0.05) is 31.5 Å². The van der Waals surface area contributed by atoms with Gasteiger partial charge in [0.15, 0.2) is 0 Å². The van der Waals surface area contributed by atoms with Gasteiger partial charge < -0.3 is 4.74 Å². The number of unbranched alkanes of at least 4 members (excludes halogenated alkanes) is 1. The first-order valence-electron chi connectivity index (χ1n) is 5.04. The van der Waals surface area contributed by atoms with Gasteiger partial charge in [-0.15, -0.1) is 0 Å². The van der Waals surface area contributed by atoms with E-state index in [-0.39, 0.29) is 6.42 Å². The number of hydrogen-bond donors (Lipinski definition) is 0. The lowest BCUT2D eigenvalue weighted by Gasteiger charge is -2.02. The number of rotatable bonds is 5. The standard InChI is InChI=1S/C12H14O3/c1-2-3-9-11(13)12(14)15-10-7-5-4-6-8-10/h4-8H,2-3,9H2,1H3. The topological polar surface area (TPSA) is 43.4 Å². The van der Waals surface area contributed by atoms with E-state index in [1.54, 1.807) is 24.3 Å². The first-order chi connectivity index (χ1) is 7.24. The lowest BCUT2D eigenvalue weighted by Crippen LogP contribution is -2.19. The molecule has 0 saturated carbocycles. The van der Waals surface area contributed by atoms with Crippen LogP contribution in [0, 0.1) is 0 Å². The van der Waals surface area contributed by atoms with Crippen molar-refractivity contribution in [3.05, 3.63) is 30.3 Å². The highest BCUT2D eigenvalue weighted by atomic mass is 16.5. The van der Waals surface area contributed by atoms with Crippen LogP contribution in [0.25, 0.3) is 0 Å². The fourth-order valence-corrected chi connectivity index (χ4v) is 1.09. The minimum absolute atomic E-state index is 0.266. The number of carbonyl (C=O) groups is 2. The molecule has 3 heteroatoms. The summed E-state index contributed by atoms with van der Waals surface area (Å²) in [7, 11) is 0. The lowest BCUT2D eigenvalue weighted by atomic mass is 10.2. The Bertz CT molecular complexity index is 330. The molecule has 0 aliphatic heterocycles. The van der Waals surface area contributed by atoms with Crippen molar-refractivity contribution in [2.75, 3.05) is 0 Å². The van der Waals surface area contributed by atoms with Crippen molar-refractivity contribution in [3.63, 3.8) is 0 Å². The molecule has 0 aliphatic carbocycles. The van der Waals surface area contributed by atoms with Crippen LogP contribution in [0.5, 0.6) is 5.75 Å². The van der Waals surface area contributed by atoms with E-state index in [1.807, 2.05) is 13.0 Å². The molecule has 1 aromatic carbocycles. The van der Waals surface area contributed by atoms with E-state index in [9.17, 15) is 9.59 Å². The monoisotopic (exact) mass is 206 g/mol. The van der Waals surface area contributed by atoms with E-state index >= 15 is 0 Å². The van der Waals surface area contributed by atoms with Crippen molar-refractivity contribution >= 4 is 11.8 Å². The van der Waals surface area contributed by atoms with E-state index in [2.05, 4.69) is 0 Å². The molecular weight excluding hydrogens is 192 g/mol. The summed E-state index contributed by atoms with van der Waals surface area (Å²) in [6.07, 6.45) is 1.88. The van der Waals surface area contributed by atoms with Crippen LogP contribution in [0.2, 0.25) is 0 Å². The fraction of sp³-hybridized carbons (Fsp3) is 0.333. The Kier molecular flexibility index (Phi) is 4.54. The Hall–Kier alpha value is -1.64. The average molecular weight is 206 g/mol. The number of hydrogen-bond acceptors (Lipinski definition) is 3. The number of esters is 1.